The molecule has 1 atom stereocenters. The van der Waals surface area contributed by atoms with E-state index in [9.17, 15) is 8.78 Å². The van der Waals surface area contributed by atoms with Crippen LogP contribution < -0.4 is 5.32 Å². The molecule has 0 bridgehead atoms. The standard InChI is InChI=1S/C12H20F2N2/c1-4-15-12(9(2)3)10-5-6-16(7-10)8-11(13)14/h5-7,9,11-12,15H,4,8H2,1-3H3. The summed E-state index contributed by atoms with van der Waals surface area (Å²) in [6.45, 7) is 6.95. The van der Waals surface area contributed by atoms with E-state index in [1.165, 1.54) is 0 Å². The van der Waals surface area contributed by atoms with E-state index in [1.807, 2.05) is 13.0 Å². The molecule has 0 saturated carbocycles. The minimum Gasteiger partial charge on any atom is -0.348 e. The Morgan fingerprint density at radius 1 is 1.38 bits per heavy atom. The summed E-state index contributed by atoms with van der Waals surface area (Å²) >= 11 is 0. The van der Waals surface area contributed by atoms with Crippen molar-refractivity contribution in [3.63, 3.8) is 0 Å². The second-order valence-electron chi connectivity index (χ2n) is 4.31. The van der Waals surface area contributed by atoms with Crippen LogP contribution in [0.5, 0.6) is 0 Å². The molecule has 0 radical (unpaired) electrons. The van der Waals surface area contributed by atoms with Gasteiger partial charge in [-0.05, 0) is 24.1 Å². The number of rotatable bonds is 6. The summed E-state index contributed by atoms with van der Waals surface area (Å²) < 4.78 is 26.0. The van der Waals surface area contributed by atoms with Gasteiger partial charge in [0.05, 0.1) is 6.54 Å². The molecule has 16 heavy (non-hydrogen) atoms. The van der Waals surface area contributed by atoms with E-state index in [0.717, 1.165) is 12.1 Å². The van der Waals surface area contributed by atoms with Crippen molar-refractivity contribution in [3.8, 4) is 0 Å². The van der Waals surface area contributed by atoms with Crippen molar-refractivity contribution < 1.29 is 8.78 Å². The molecule has 0 saturated heterocycles. The summed E-state index contributed by atoms with van der Waals surface area (Å²) in [6.07, 6.45) is 1.23. The first-order chi connectivity index (χ1) is 7.54. The highest BCUT2D eigenvalue weighted by Gasteiger charge is 2.16. The highest BCUT2D eigenvalue weighted by molar-refractivity contribution is 5.16. The van der Waals surface area contributed by atoms with Gasteiger partial charge in [0.2, 0.25) is 0 Å². The second kappa shape index (κ2) is 5.99. The van der Waals surface area contributed by atoms with Crippen LogP contribution in [0.4, 0.5) is 8.78 Å². The Morgan fingerprint density at radius 3 is 2.56 bits per heavy atom. The number of aromatic nitrogens is 1. The van der Waals surface area contributed by atoms with Crippen LogP contribution in [0.2, 0.25) is 0 Å². The lowest BCUT2D eigenvalue weighted by Gasteiger charge is -2.20. The summed E-state index contributed by atoms with van der Waals surface area (Å²) in [4.78, 5) is 0. The van der Waals surface area contributed by atoms with Crippen molar-refractivity contribution in [1.82, 2.24) is 9.88 Å². The Bertz CT molecular complexity index is 308. The molecule has 1 unspecified atom stereocenters. The van der Waals surface area contributed by atoms with Gasteiger partial charge in [-0.25, -0.2) is 8.78 Å². The zero-order valence-electron chi connectivity index (χ0n) is 10.1. The molecule has 92 valence electrons. The predicted molar refractivity (Wildman–Crippen MR) is 61.7 cm³/mol. The van der Waals surface area contributed by atoms with E-state index in [-0.39, 0.29) is 12.6 Å². The van der Waals surface area contributed by atoms with Crippen LogP contribution in [0.3, 0.4) is 0 Å². The Hall–Kier alpha value is -0.900. The van der Waals surface area contributed by atoms with Gasteiger partial charge in [0.15, 0.2) is 0 Å². The SMILES string of the molecule is CCNC(c1ccn(CC(F)F)c1)C(C)C. The largest absolute Gasteiger partial charge is 0.348 e. The lowest BCUT2D eigenvalue weighted by molar-refractivity contribution is 0.126. The average molecular weight is 230 g/mol. The van der Waals surface area contributed by atoms with E-state index in [1.54, 1.807) is 17.0 Å². The minimum absolute atomic E-state index is 0.225. The van der Waals surface area contributed by atoms with Crippen molar-refractivity contribution in [2.45, 2.75) is 39.8 Å². The second-order valence-corrected chi connectivity index (χ2v) is 4.31. The summed E-state index contributed by atoms with van der Waals surface area (Å²) in [6, 6.07) is 2.15. The lowest BCUT2D eigenvalue weighted by atomic mass is 9.98. The molecule has 1 aromatic heterocycles. The Kier molecular flexibility index (Phi) is 4.93. The van der Waals surface area contributed by atoms with Crippen LogP contribution in [-0.4, -0.2) is 17.5 Å². The van der Waals surface area contributed by atoms with Crippen molar-refractivity contribution in [3.05, 3.63) is 24.0 Å². The maximum Gasteiger partial charge on any atom is 0.256 e. The third-order valence-electron chi connectivity index (χ3n) is 2.57. The van der Waals surface area contributed by atoms with Crippen LogP contribution in [-0.2, 0) is 6.54 Å². The van der Waals surface area contributed by atoms with Crippen LogP contribution in [0, 0.1) is 5.92 Å². The Labute approximate surface area is 95.7 Å². The fraction of sp³-hybridized carbons (Fsp3) is 0.667. The molecule has 0 fully saturated rings. The third kappa shape index (κ3) is 3.59. The van der Waals surface area contributed by atoms with Crippen molar-refractivity contribution in [2.24, 2.45) is 5.92 Å². The molecule has 1 aromatic rings. The van der Waals surface area contributed by atoms with Crippen molar-refractivity contribution >= 4 is 0 Å². The molecule has 0 amide bonds. The fourth-order valence-corrected chi connectivity index (χ4v) is 1.87. The van der Waals surface area contributed by atoms with Gasteiger partial charge in [-0.1, -0.05) is 20.8 Å². The first-order valence-electron chi connectivity index (χ1n) is 5.71. The molecule has 0 spiro atoms. The van der Waals surface area contributed by atoms with Gasteiger partial charge >= 0.3 is 0 Å². The normalized spacial score (nSPS) is 13.7. The van der Waals surface area contributed by atoms with Crippen molar-refractivity contribution in [1.29, 1.82) is 0 Å². The van der Waals surface area contributed by atoms with Gasteiger partial charge < -0.3 is 9.88 Å². The van der Waals surface area contributed by atoms with E-state index >= 15 is 0 Å². The predicted octanol–water partition coefficient (Wildman–Crippen LogP) is 3.06. The summed E-state index contributed by atoms with van der Waals surface area (Å²) in [5.41, 5.74) is 1.08. The lowest BCUT2D eigenvalue weighted by Crippen LogP contribution is -2.25. The van der Waals surface area contributed by atoms with E-state index in [2.05, 4.69) is 19.2 Å². The molecule has 2 nitrogen and oxygen atoms in total. The fourth-order valence-electron chi connectivity index (χ4n) is 1.87. The highest BCUT2D eigenvalue weighted by atomic mass is 19.3. The first-order valence-corrected chi connectivity index (χ1v) is 5.71. The third-order valence-corrected chi connectivity index (χ3v) is 2.57. The average Bonchev–Trinajstić information content (AvgIpc) is 2.60. The zero-order chi connectivity index (χ0) is 12.1. The van der Waals surface area contributed by atoms with E-state index in [4.69, 9.17) is 0 Å². The molecule has 1 heterocycles. The zero-order valence-corrected chi connectivity index (χ0v) is 10.1. The number of nitrogens with zero attached hydrogens (tertiary/aromatic N) is 1. The number of halogens is 2. The van der Waals surface area contributed by atoms with Crippen LogP contribution in [0.25, 0.3) is 0 Å². The van der Waals surface area contributed by atoms with Crippen LogP contribution in [0.1, 0.15) is 32.4 Å². The summed E-state index contributed by atoms with van der Waals surface area (Å²) in [5.74, 6) is 0.447. The number of nitrogens with one attached hydrogen (secondary N) is 1. The molecular formula is C12H20F2N2. The van der Waals surface area contributed by atoms with Crippen molar-refractivity contribution in [2.75, 3.05) is 6.54 Å². The van der Waals surface area contributed by atoms with Gasteiger partial charge in [-0.15, -0.1) is 0 Å². The molecule has 1 N–H and O–H groups in total. The van der Waals surface area contributed by atoms with Gasteiger partial charge in [0.1, 0.15) is 0 Å². The molecule has 0 aromatic carbocycles. The Balaban J connectivity index is 2.73. The van der Waals surface area contributed by atoms with E-state index < -0.39 is 6.43 Å². The molecule has 0 aliphatic heterocycles. The highest BCUT2D eigenvalue weighted by Crippen LogP contribution is 2.22. The summed E-state index contributed by atoms with van der Waals surface area (Å²) in [5, 5.41) is 3.36. The monoisotopic (exact) mass is 230 g/mol. The summed E-state index contributed by atoms with van der Waals surface area (Å²) in [7, 11) is 0. The maximum absolute atomic E-state index is 12.2. The van der Waals surface area contributed by atoms with Gasteiger partial charge in [0, 0.05) is 18.4 Å². The number of alkyl halides is 2. The quantitative estimate of drug-likeness (QED) is 0.794. The van der Waals surface area contributed by atoms with Gasteiger partial charge in [-0.3, -0.25) is 0 Å². The first kappa shape index (κ1) is 13.2. The minimum atomic E-state index is -2.29. The van der Waals surface area contributed by atoms with Gasteiger partial charge in [0.25, 0.3) is 6.43 Å². The molecule has 0 aliphatic rings. The molecule has 1 rings (SSSR count). The number of hydrogen-bond acceptors (Lipinski definition) is 1. The molecular weight excluding hydrogens is 210 g/mol. The van der Waals surface area contributed by atoms with E-state index in [0.29, 0.717) is 5.92 Å². The number of hydrogen-bond donors (Lipinski definition) is 1. The molecule has 4 heteroatoms. The maximum atomic E-state index is 12.2. The topological polar surface area (TPSA) is 17.0 Å². The van der Waals surface area contributed by atoms with Gasteiger partial charge in [-0.2, -0.15) is 0 Å². The Morgan fingerprint density at radius 2 is 2.06 bits per heavy atom. The van der Waals surface area contributed by atoms with Crippen LogP contribution >= 0.6 is 0 Å². The van der Waals surface area contributed by atoms with Crippen LogP contribution in [0.15, 0.2) is 18.5 Å². The smallest absolute Gasteiger partial charge is 0.256 e. The molecule has 0 aliphatic carbocycles.